The second-order valence-corrected chi connectivity index (χ2v) is 6.67. The Labute approximate surface area is 163 Å². The fraction of sp³-hybridized carbons (Fsp3) is 0.250. The van der Waals surface area contributed by atoms with E-state index in [9.17, 15) is 9.59 Å². The summed E-state index contributed by atoms with van der Waals surface area (Å²) in [6, 6.07) is 14.3. The molecule has 27 heavy (non-hydrogen) atoms. The highest BCUT2D eigenvalue weighted by atomic mass is 32.1. The number of hydrogen-bond donors (Lipinski definition) is 2. The molecule has 1 aliphatic rings. The molecule has 6 nitrogen and oxygen atoms in total. The second kappa shape index (κ2) is 8.75. The molecule has 0 radical (unpaired) electrons. The molecule has 0 aliphatic carbocycles. The largest absolute Gasteiger partial charge is 0.378 e. The highest BCUT2D eigenvalue weighted by molar-refractivity contribution is 7.80. The van der Waals surface area contributed by atoms with Gasteiger partial charge in [0.1, 0.15) is 0 Å². The SMILES string of the molecule is Cc1cccc(C(=O)NC(=S)Nc2cccc(C(=O)N3CCOCC3)c2)c1. The average molecular weight is 383 g/mol. The lowest BCUT2D eigenvalue weighted by Gasteiger charge is -2.27. The monoisotopic (exact) mass is 383 g/mol. The maximum absolute atomic E-state index is 12.6. The lowest BCUT2D eigenvalue weighted by molar-refractivity contribution is 0.0303. The standard InChI is InChI=1S/C20H21N3O3S/c1-14-4-2-5-15(12-14)18(24)22-20(27)21-17-7-3-6-16(13-17)19(25)23-8-10-26-11-9-23/h2-7,12-13H,8-11H2,1H3,(H2,21,22,24,27). The van der Waals surface area contributed by atoms with Gasteiger partial charge in [0, 0.05) is 29.9 Å². The lowest BCUT2D eigenvalue weighted by atomic mass is 10.1. The third kappa shape index (κ3) is 5.12. The summed E-state index contributed by atoms with van der Waals surface area (Å²) in [7, 11) is 0. The molecule has 2 N–H and O–H groups in total. The molecule has 1 fully saturated rings. The van der Waals surface area contributed by atoms with E-state index in [1.807, 2.05) is 19.1 Å². The first-order chi connectivity index (χ1) is 13.0. The van der Waals surface area contributed by atoms with E-state index in [0.717, 1.165) is 5.56 Å². The number of amides is 2. The van der Waals surface area contributed by atoms with Crippen molar-refractivity contribution in [3.8, 4) is 0 Å². The molecule has 0 aromatic heterocycles. The van der Waals surface area contributed by atoms with Crippen molar-refractivity contribution in [3.63, 3.8) is 0 Å². The van der Waals surface area contributed by atoms with Crippen LogP contribution in [0.4, 0.5) is 5.69 Å². The zero-order valence-corrected chi connectivity index (χ0v) is 15.8. The number of rotatable bonds is 3. The van der Waals surface area contributed by atoms with E-state index in [2.05, 4.69) is 10.6 Å². The van der Waals surface area contributed by atoms with Crippen molar-refractivity contribution in [3.05, 3.63) is 65.2 Å². The summed E-state index contributed by atoms with van der Waals surface area (Å²) in [6.07, 6.45) is 0. The van der Waals surface area contributed by atoms with Gasteiger partial charge < -0.3 is 15.0 Å². The number of carbonyl (C=O) groups is 2. The molecule has 3 rings (SSSR count). The zero-order valence-electron chi connectivity index (χ0n) is 15.0. The molecule has 1 saturated heterocycles. The summed E-state index contributed by atoms with van der Waals surface area (Å²) in [5.41, 5.74) is 2.74. The summed E-state index contributed by atoms with van der Waals surface area (Å²) < 4.78 is 5.28. The second-order valence-electron chi connectivity index (χ2n) is 6.26. The normalized spacial score (nSPS) is 13.7. The fourth-order valence-corrected chi connectivity index (χ4v) is 3.01. The predicted octanol–water partition coefficient (Wildman–Crippen LogP) is 2.59. The third-order valence-electron chi connectivity index (χ3n) is 4.17. The van der Waals surface area contributed by atoms with Crippen molar-refractivity contribution in [2.45, 2.75) is 6.92 Å². The van der Waals surface area contributed by atoms with Gasteiger partial charge in [0.05, 0.1) is 13.2 Å². The molecule has 0 bridgehead atoms. The average Bonchev–Trinajstić information content (AvgIpc) is 2.68. The van der Waals surface area contributed by atoms with Gasteiger partial charge in [0.15, 0.2) is 5.11 Å². The van der Waals surface area contributed by atoms with Crippen molar-refractivity contribution >= 4 is 34.8 Å². The van der Waals surface area contributed by atoms with Crippen molar-refractivity contribution in [2.24, 2.45) is 0 Å². The number of ether oxygens (including phenoxy) is 1. The molecule has 2 aromatic rings. The predicted molar refractivity (Wildman–Crippen MR) is 108 cm³/mol. The number of thiocarbonyl (C=S) groups is 1. The first kappa shape index (κ1) is 19.0. The smallest absolute Gasteiger partial charge is 0.257 e. The van der Waals surface area contributed by atoms with Crippen LogP contribution in [0.2, 0.25) is 0 Å². The summed E-state index contributed by atoms with van der Waals surface area (Å²) >= 11 is 5.22. The van der Waals surface area contributed by atoms with Gasteiger partial charge in [-0.1, -0.05) is 23.8 Å². The third-order valence-corrected chi connectivity index (χ3v) is 4.38. The number of aryl methyl sites for hydroxylation is 1. The molecule has 0 atom stereocenters. The van der Waals surface area contributed by atoms with E-state index in [1.165, 1.54) is 0 Å². The van der Waals surface area contributed by atoms with Crippen LogP contribution in [0.15, 0.2) is 48.5 Å². The minimum atomic E-state index is -0.281. The molecule has 0 saturated carbocycles. The van der Waals surface area contributed by atoms with Gasteiger partial charge in [-0.3, -0.25) is 14.9 Å². The van der Waals surface area contributed by atoms with Crippen LogP contribution in [-0.2, 0) is 4.74 Å². The van der Waals surface area contributed by atoms with Gasteiger partial charge in [-0.05, 0) is 49.5 Å². The number of morpholine rings is 1. The summed E-state index contributed by atoms with van der Waals surface area (Å²) in [5.74, 6) is -0.326. The van der Waals surface area contributed by atoms with Crippen molar-refractivity contribution < 1.29 is 14.3 Å². The first-order valence-electron chi connectivity index (χ1n) is 8.69. The highest BCUT2D eigenvalue weighted by Gasteiger charge is 2.18. The van der Waals surface area contributed by atoms with Gasteiger partial charge in [0.25, 0.3) is 11.8 Å². The zero-order chi connectivity index (χ0) is 19.2. The van der Waals surface area contributed by atoms with Crippen LogP contribution in [0.1, 0.15) is 26.3 Å². The van der Waals surface area contributed by atoms with Crippen LogP contribution < -0.4 is 10.6 Å². The van der Waals surface area contributed by atoms with E-state index in [4.69, 9.17) is 17.0 Å². The first-order valence-corrected chi connectivity index (χ1v) is 9.10. The van der Waals surface area contributed by atoms with Crippen LogP contribution in [-0.4, -0.2) is 48.1 Å². The van der Waals surface area contributed by atoms with Gasteiger partial charge >= 0.3 is 0 Å². The molecule has 0 unspecified atom stereocenters. The van der Waals surface area contributed by atoms with E-state index in [-0.39, 0.29) is 16.9 Å². The Kier molecular flexibility index (Phi) is 6.16. The topological polar surface area (TPSA) is 70.7 Å². The van der Waals surface area contributed by atoms with E-state index >= 15 is 0 Å². The molecule has 1 aliphatic heterocycles. The Balaban J connectivity index is 1.62. The molecule has 0 spiro atoms. The molecule has 7 heteroatoms. The van der Waals surface area contributed by atoms with E-state index in [1.54, 1.807) is 41.3 Å². The molecule has 140 valence electrons. The molecular formula is C20H21N3O3S. The fourth-order valence-electron chi connectivity index (χ4n) is 2.80. The summed E-state index contributed by atoms with van der Waals surface area (Å²) in [4.78, 5) is 26.6. The highest BCUT2D eigenvalue weighted by Crippen LogP contribution is 2.14. The Morgan fingerprint density at radius 1 is 1.04 bits per heavy atom. The maximum Gasteiger partial charge on any atom is 0.257 e. The van der Waals surface area contributed by atoms with Crippen LogP contribution >= 0.6 is 12.2 Å². The van der Waals surface area contributed by atoms with Crippen molar-refractivity contribution in [2.75, 3.05) is 31.6 Å². The van der Waals surface area contributed by atoms with Gasteiger partial charge in [0.2, 0.25) is 0 Å². The number of nitrogens with zero attached hydrogens (tertiary/aromatic N) is 1. The quantitative estimate of drug-likeness (QED) is 0.798. The van der Waals surface area contributed by atoms with Gasteiger partial charge in [-0.2, -0.15) is 0 Å². The van der Waals surface area contributed by atoms with Gasteiger partial charge in [-0.25, -0.2) is 0 Å². The number of carbonyl (C=O) groups excluding carboxylic acids is 2. The van der Waals surface area contributed by atoms with E-state index in [0.29, 0.717) is 43.1 Å². The van der Waals surface area contributed by atoms with Crippen molar-refractivity contribution in [1.29, 1.82) is 0 Å². The number of benzene rings is 2. The molecule has 2 amide bonds. The number of anilines is 1. The maximum atomic E-state index is 12.6. The molecule has 1 heterocycles. The van der Waals surface area contributed by atoms with Crippen LogP contribution in [0.5, 0.6) is 0 Å². The van der Waals surface area contributed by atoms with Crippen LogP contribution in [0.25, 0.3) is 0 Å². The van der Waals surface area contributed by atoms with Crippen LogP contribution in [0.3, 0.4) is 0 Å². The minimum Gasteiger partial charge on any atom is -0.378 e. The molecular weight excluding hydrogens is 362 g/mol. The summed E-state index contributed by atoms with van der Waals surface area (Å²) in [6.45, 7) is 4.20. The molecule has 2 aromatic carbocycles. The number of nitrogens with one attached hydrogen (secondary N) is 2. The van der Waals surface area contributed by atoms with Crippen LogP contribution in [0, 0.1) is 6.92 Å². The van der Waals surface area contributed by atoms with Gasteiger partial charge in [-0.15, -0.1) is 0 Å². The Hall–Kier alpha value is -2.77. The number of hydrogen-bond acceptors (Lipinski definition) is 4. The lowest BCUT2D eigenvalue weighted by Crippen LogP contribution is -2.40. The Morgan fingerprint density at radius 3 is 2.48 bits per heavy atom. The Bertz CT molecular complexity index is 863. The summed E-state index contributed by atoms with van der Waals surface area (Å²) in [5, 5.41) is 5.79. The van der Waals surface area contributed by atoms with Crippen molar-refractivity contribution in [1.82, 2.24) is 10.2 Å². The van der Waals surface area contributed by atoms with E-state index < -0.39 is 0 Å². The Morgan fingerprint density at radius 2 is 1.74 bits per heavy atom. The minimum absolute atomic E-state index is 0.0448.